The van der Waals surface area contributed by atoms with Gasteiger partial charge in [0, 0.05) is 5.75 Å². The molecule has 6 heteroatoms. The number of hydrogen-bond acceptors (Lipinski definition) is 4. The molecule has 1 aliphatic rings. The number of benzene rings is 1. The van der Waals surface area contributed by atoms with Crippen LogP contribution in [0.4, 0.5) is 4.79 Å². The van der Waals surface area contributed by atoms with Gasteiger partial charge in [0.1, 0.15) is 5.75 Å². The lowest BCUT2D eigenvalue weighted by molar-refractivity contribution is 0.227. The first-order chi connectivity index (χ1) is 10.4. The minimum absolute atomic E-state index is 0.0150. The largest absolute Gasteiger partial charge is 0.473 e. The zero-order valence-electron chi connectivity index (χ0n) is 13.5. The van der Waals surface area contributed by atoms with Gasteiger partial charge in [0.2, 0.25) is 0 Å². The van der Waals surface area contributed by atoms with Crippen LogP contribution >= 0.6 is 11.8 Å². The number of nitrogens with zero attached hydrogens (tertiary/aromatic N) is 1. The van der Waals surface area contributed by atoms with E-state index in [0.717, 1.165) is 23.6 Å². The molecular weight excluding hydrogens is 298 g/mol. The van der Waals surface area contributed by atoms with Gasteiger partial charge < -0.3 is 10.1 Å². The van der Waals surface area contributed by atoms with Crippen LogP contribution in [0.5, 0.6) is 5.75 Å². The Balaban J connectivity index is 1.90. The minimum atomic E-state index is -0.294. The maximum Gasteiger partial charge on any atom is 0.323 e. The molecule has 0 aliphatic carbocycles. The van der Waals surface area contributed by atoms with Gasteiger partial charge in [-0.05, 0) is 24.0 Å². The van der Waals surface area contributed by atoms with Gasteiger partial charge >= 0.3 is 6.03 Å². The fraction of sp³-hybridized carbons (Fsp3) is 0.500. The lowest BCUT2D eigenvalue weighted by Gasteiger charge is -2.23. The molecule has 0 unspecified atom stereocenters. The van der Waals surface area contributed by atoms with Gasteiger partial charge in [-0.1, -0.05) is 50.2 Å². The smallest absolute Gasteiger partial charge is 0.323 e. The summed E-state index contributed by atoms with van der Waals surface area (Å²) in [6.07, 6.45) is 0. The molecule has 0 saturated heterocycles. The number of aliphatic imine (C=N–C) groups is 1. The van der Waals surface area contributed by atoms with Gasteiger partial charge in [0.15, 0.2) is 11.9 Å². The van der Waals surface area contributed by atoms with Crippen LogP contribution in [-0.4, -0.2) is 30.2 Å². The van der Waals surface area contributed by atoms with E-state index in [0.29, 0.717) is 5.17 Å². The van der Waals surface area contributed by atoms with E-state index in [1.54, 1.807) is 11.8 Å². The Morgan fingerprint density at radius 1 is 1.41 bits per heavy atom. The van der Waals surface area contributed by atoms with Crippen LogP contribution in [0, 0.1) is 6.92 Å². The molecule has 1 aliphatic heterocycles. The van der Waals surface area contributed by atoms with Crippen molar-refractivity contribution in [3.05, 3.63) is 29.3 Å². The molecule has 0 atom stereocenters. The molecular formula is C16H23N3O2S. The summed E-state index contributed by atoms with van der Waals surface area (Å²) in [5.74, 6) is 1.72. The van der Waals surface area contributed by atoms with E-state index in [-0.39, 0.29) is 18.2 Å². The van der Waals surface area contributed by atoms with E-state index in [2.05, 4.69) is 49.4 Å². The molecule has 2 rings (SSSR count). The van der Waals surface area contributed by atoms with Crippen molar-refractivity contribution in [1.82, 2.24) is 10.6 Å². The summed E-state index contributed by atoms with van der Waals surface area (Å²) >= 11 is 1.55. The number of rotatable bonds is 3. The molecule has 0 bridgehead atoms. The maximum absolute atomic E-state index is 11.7. The van der Waals surface area contributed by atoms with Crippen molar-refractivity contribution < 1.29 is 9.53 Å². The standard InChI is InChI=1S/C16H23N3O2S/c1-11-5-6-13(12(9-11)16(2,3)4)21-10-18-14(20)19-15-17-7-8-22-15/h5-6,9H,7-8,10H2,1-4H3,(H2,17,18,19,20). The Labute approximate surface area is 135 Å². The number of nitrogens with one attached hydrogen (secondary N) is 2. The summed E-state index contributed by atoms with van der Waals surface area (Å²) in [6, 6.07) is 5.79. The number of amides is 2. The molecule has 2 amide bonds. The fourth-order valence-corrected chi connectivity index (χ4v) is 2.81. The Kier molecular flexibility index (Phi) is 5.34. The third-order valence-corrected chi connectivity index (χ3v) is 4.10. The third kappa shape index (κ3) is 4.66. The molecule has 0 radical (unpaired) electrons. The maximum atomic E-state index is 11.7. The monoisotopic (exact) mass is 321 g/mol. The van der Waals surface area contributed by atoms with E-state index in [1.807, 2.05) is 12.1 Å². The highest BCUT2D eigenvalue weighted by Gasteiger charge is 2.19. The molecule has 0 saturated carbocycles. The quantitative estimate of drug-likeness (QED) is 0.841. The fourth-order valence-electron chi connectivity index (χ4n) is 2.09. The number of aryl methyl sites for hydroxylation is 1. The topological polar surface area (TPSA) is 62.7 Å². The van der Waals surface area contributed by atoms with Crippen molar-refractivity contribution in [2.75, 3.05) is 19.0 Å². The van der Waals surface area contributed by atoms with Crippen LogP contribution in [0.3, 0.4) is 0 Å². The number of carbonyl (C=O) groups is 1. The molecule has 0 fully saturated rings. The molecule has 2 N–H and O–H groups in total. The average molecular weight is 321 g/mol. The van der Waals surface area contributed by atoms with E-state index < -0.39 is 0 Å². The van der Waals surface area contributed by atoms with Crippen molar-refractivity contribution in [3.63, 3.8) is 0 Å². The Morgan fingerprint density at radius 2 is 2.18 bits per heavy atom. The first-order valence-electron chi connectivity index (χ1n) is 7.32. The van der Waals surface area contributed by atoms with Gasteiger partial charge in [-0.2, -0.15) is 0 Å². The third-order valence-electron chi connectivity index (χ3n) is 3.21. The van der Waals surface area contributed by atoms with Gasteiger partial charge in [0.25, 0.3) is 0 Å². The molecule has 1 aromatic rings. The number of urea groups is 1. The van der Waals surface area contributed by atoms with E-state index in [9.17, 15) is 4.79 Å². The van der Waals surface area contributed by atoms with Crippen LogP contribution in [0.1, 0.15) is 31.9 Å². The molecule has 1 aromatic carbocycles. The molecule has 120 valence electrons. The summed E-state index contributed by atoms with van der Waals surface area (Å²) in [4.78, 5) is 15.9. The second-order valence-corrected chi connectivity index (χ2v) is 7.29. The lowest BCUT2D eigenvalue weighted by Crippen LogP contribution is -2.39. The minimum Gasteiger partial charge on any atom is -0.473 e. The highest BCUT2D eigenvalue weighted by atomic mass is 32.2. The van der Waals surface area contributed by atoms with Crippen LogP contribution < -0.4 is 15.4 Å². The molecule has 22 heavy (non-hydrogen) atoms. The van der Waals surface area contributed by atoms with E-state index in [1.165, 1.54) is 5.56 Å². The Bertz CT molecular complexity index is 579. The van der Waals surface area contributed by atoms with E-state index >= 15 is 0 Å². The summed E-state index contributed by atoms with van der Waals surface area (Å²) in [5.41, 5.74) is 2.31. The van der Waals surface area contributed by atoms with Crippen molar-refractivity contribution in [3.8, 4) is 5.75 Å². The zero-order chi connectivity index (χ0) is 16.2. The first-order valence-corrected chi connectivity index (χ1v) is 8.31. The lowest BCUT2D eigenvalue weighted by atomic mass is 9.85. The Morgan fingerprint density at radius 3 is 2.82 bits per heavy atom. The molecule has 1 heterocycles. The van der Waals surface area contributed by atoms with Gasteiger partial charge in [-0.3, -0.25) is 10.3 Å². The predicted molar refractivity (Wildman–Crippen MR) is 91.8 cm³/mol. The van der Waals surface area contributed by atoms with Crippen LogP contribution in [0.25, 0.3) is 0 Å². The summed E-state index contributed by atoms with van der Waals surface area (Å²) < 4.78 is 5.74. The van der Waals surface area contributed by atoms with Crippen molar-refractivity contribution in [1.29, 1.82) is 0 Å². The normalized spacial score (nSPS) is 14.5. The number of carbonyl (C=O) groups excluding carboxylic acids is 1. The SMILES string of the molecule is Cc1ccc(OCNC(=O)NC2=NCCS2)c(C(C)(C)C)c1. The van der Waals surface area contributed by atoms with Crippen molar-refractivity contribution in [2.45, 2.75) is 33.1 Å². The highest BCUT2D eigenvalue weighted by Crippen LogP contribution is 2.31. The van der Waals surface area contributed by atoms with Crippen LogP contribution in [0.15, 0.2) is 23.2 Å². The van der Waals surface area contributed by atoms with Crippen molar-refractivity contribution >= 4 is 23.0 Å². The van der Waals surface area contributed by atoms with Crippen molar-refractivity contribution in [2.24, 2.45) is 4.99 Å². The molecule has 5 nitrogen and oxygen atoms in total. The second-order valence-electron chi connectivity index (χ2n) is 6.20. The van der Waals surface area contributed by atoms with Gasteiger partial charge in [-0.25, -0.2) is 4.79 Å². The van der Waals surface area contributed by atoms with Crippen LogP contribution in [0.2, 0.25) is 0 Å². The number of hydrogen-bond donors (Lipinski definition) is 2. The molecule has 0 spiro atoms. The number of amidine groups is 1. The summed E-state index contributed by atoms with van der Waals surface area (Å²) in [6.45, 7) is 9.37. The first kappa shape index (κ1) is 16.7. The summed E-state index contributed by atoms with van der Waals surface area (Å²) in [7, 11) is 0. The predicted octanol–water partition coefficient (Wildman–Crippen LogP) is 3.03. The number of thioether (sulfide) groups is 1. The summed E-state index contributed by atoms with van der Waals surface area (Å²) in [5, 5.41) is 6.06. The van der Waals surface area contributed by atoms with Gasteiger partial charge in [0.05, 0.1) is 6.54 Å². The van der Waals surface area contributed by atoms with Crippen LogP contribution in [-0.2, 0) is 5.41 Å². The second kappa shape index (κ2) is 7.05. The molecule has 0 aromatic heterocycles. The zero-order valence-corrected chi connectivity index (χ0v) is 14.3. The number of ether oxygens (including phenoxy) is 1. The van der Waals surface area contributed by atoms with Gasteiger partial charge in [-0.15, -0.1) is 0 Å². The average Bonchev–Trinajstić information content (AvgIpc) is 2.92. The highest BCUT2D eigenvalue weighted by molar-refractivity contribution is 8.14. The Hall–Kier alpha value is -1.69. The van der Waals surface area contributed by atoms with E-state index in [4.69, 9.17) is 4.74 Å².